The number of hydrogen-bond donors (Lipinski definition) is 0. The second-order valence-corrected chi connectivity index (χ2v) is 11.5. The number of nitrogens with zero attached hydrogens (tertiary/aromatic N) is 2. The Bertz CT molecular complexity index is 2420. The molecule has 0 aliphatic rings. The van der Waals surface area contributed by atoms with Crippen molar-refractivity contribution in [2.24, 2.45) is 0 Å². The standard InChI is InChI=1S/C38H20N2OS/c39-21-23-15-24(22-40)17-28(16-23)32-18-25(26-11-14-38-34(19-26)31-6-2-4-8-37(31)42-38)9-12-29(32)27-10-13-36-33(20-27)30-5-1-3-7-35(30)41-36/h1-20H. The van der Waals surface area contributed by atoms with Crippen LogP contribution in [0.5, 0.6) is 0 Å². The molecule has 0 N–H and O–H groups in total. The largest absolute Gasteiger partial charge is 0.456 e. The maximum atomic E-state index is 9.74. The van der Waals surface area contributed by atoms with Gasteiger partial charge in [-0.3, -0.25) is 0 Å². The van der Waals surface area contributed by atoms with Crippen molar-refractivity contribution >= 4 is 53.4 Å². The predicted molar refractivity (Wildman–Crippen MR) is 172 cm³/mol. The predicted octanol–water partition coefficient (Wildman–Crippen LogP) is 10.7. The van der Waals surface area contributed by atoms with Crippen molar-refractivity contribution in [2.75, 3.05) is 0 Å². The van der Waals surface area contributed by atoms with E-state index in [-0.39, 0.29) is 0 Å². The minimum absolute atomic E-state index is 0.461. The summed E-state index contributed by atoms with van der Waals surface area (Å²) in [6.07, 6.45) is 0. The molecule has 2 heterocycles. The van der Waals surface area contributed by atoms with Crippen LogP contribution in [-0.2, 0) is 0 Å². The van der Waals surface area contributed by atoms with E-state index in [2.05, 4.69) is 91.0 Å². The van der Waals surface area contributed by atoms with Crippen LogP contribution in [0.3, 0.4) is 0 Å². The second-order valence-electron chi connectivity index (χ2n) is 10.4. The molecule has 0 unspecified atom stereocenters. The molecule has 0 spiro atoms. The fraction of sp³-hybridized carbons (Fsp3) is 0. The Hall–Kier alpha value is -5.68. The van der Waals surface area contributed by atoms with Crippen molar-refractivity contribution in [3.63, 3.8) is 0 Å². The molecule has 2 aromatic heterocycles. The van der Waals surface area contributed by atoms with Crippen LogP contribution in [0.2, 0.25) is 0 Å². The van der Waals surface area contributed by atoms with Crippen LogP contribution in [0.15, 0.2) is 126 Å². The second kappa shape index (κ2) is 9.46. The molecule has 0 atom stereocenters. The quantitative estimate of drug-likeness (QED) is 0.219. The molecule has 0 fully saturated rings. The summed E-state index contributed by atoms with van der Waals surface area (Å²) in [6.45, 7) is 0. The molecular formula is C38H20N2OS. The van der Waals surface area contributed by atoms with Crippen molar-refractivity contribution in [3.8, 4) is 45.5 Å². The van der Waals surface area contributed by atoms with Gasteiger partial charge in [-0.05, 0) is 94.0 Å². The summed E-state index contributed by atoms with van der Waals surface area (Å²) >= 11 is 1.81. The lowest BCUT2D eigenvalue weighted by Gasteiger charge is -2.14. The molecule has 4 heteroatoms. The molecule has 3 nitrogen and oxygen atoms in total. The number of para-hydroxylation sites is 1. The lowest BCUT2D eigenvalue weighted by Crippen LogP contribution is -1.90. The monoisotopic (exact) mass is 552 g/mol. The number of fused-ring (bicyclic) bond motifs is 6. The molecular weight excluding hydrogens is 532 g/mol. The smallest absolute Gasteiger partial charge is 0.135 e. The van der Waals surface area contributed by atoms with Crippen LogP contribution in [-0.4, -0.2) is 0 Å². The molecule has 0 amide bonds. The highest BCUT2D eigenvalue weighted by Crippen LogP contribution is 2.41. The highest BCUT2D eigenvalue weighted by Gasteiger charge is 2.15. The number of rotatable bonds is 3. The molecule has 0 radical (unpaired) electrons. The van der Waals surface area contributed by atoms with Gasteiger partial charge in [0.2, 0.25) is 0 Å². The molecule has 42 heavy (non-hydrogen) atoms. The zero-order chi connectivity index (χ0) is 28.2. The normalized spacial score (nSPS) is 11.3. The number of nitriles is 2. The van der Waals surface area contributed by atoms with Gasteiger partial charge in [-0.1, -0.05) is 60.7 Å². The third kappa shape index (κ3) is 3.86. The first kappa shape index (κ1) is 24.1. The average Bonchev–Trinajstić information content (AvgIpc) is 3.61. The fourth-order valence-corrected chi connectivity index (χ4v) is 7.01. The Morgan fingerprint density at radius 3 is 1.93 bits per heavy atom. The van der Waals surface area contributed by atoms with Crippen molar-refractivity contribution in [1.82, 2.24) is 0 Å². The van der Waals surface area contributed by atoms with Crippen LogP contribution in [0.25, 0.3) is 75.5 Å². The van der Waals surface area contributed by atoms with Crippen molar-refractivity contribution in [2.45, 2.75) is 0 Å². The van der Waals surface area contributed by atoms with Gasteiger partial charge in [0.05, 0.1) is 23.3 Å². The molecule has 0 saturated carbocycles. The van der Waals surface area contributed by atoms with Gasteiger partial charge >= 0.3 is 0 Å². The maximum absolute atomic E-state index is 9.74. The topological polar surface area (TPSA) is 60.7 Å². The summed E-state index contributed by atoms with van der Waals surface area (Å²) in [5.41, 5.74) is 8.66. The highest BCUT2D eigenvalue weighted by molar-refractivity contribution is 7.25. The maximum Gasteiger partial charge on any atom is 0.135 e. The van der Waals surface area contributed by atoms with Gasteiger partial charge in [-0.25, -0.2) is 0 Å². The van der Waals surface area contributed by atoms with E-state index in [4.69, 9.17) is 4.42 Å². The molecule has 0 aliphatic carbocycles. The molecule has 194 valence electrons. The molecule has 8 rings (SSSR count). The zero-order valence-electron chi connectivity index (χ0n) is 22.3. The third-order valence-electron chi connectivity index (χ3n) is 7.92. The number of hydrogen-bond acceptors (Lipinski definition) is 4. The van der Waals surface area contributed by atoms with Crippen LogP contribution < -0.4 is 0 Å². The van der Waals surface area contributed by atoms with Gasteiger partial charge in [-0.2, -0.15) is 10.5 Å². The van der Waals surface area contributed by atoms with E-state index in [0.29, 0.717) is 11.1 Å². The summed E-state index contributed by atoms with van der Waals surface area (Å²) in [6, 6.07) is 45.8. The van der Waals surface area contributed by atoms with Crippen molar-refractivity contribution < 1.29 is 4.42 Å². The SMILES string of the molecule is N#Cc1cc(C#N)cc(-c2cc(-c3ccc4sc5ccccc5c4c3)ccc2-c2ccc3oc4ccccc4c3c2)c1. The van der Waals surface area contributed by atoms with E-state index >= 15 is 0 Å². The van der Waals surface area contributed by atoms with Gasteiger partial charge in [-0.15, -0.1) is 11.3 Å². The number of furan rings is 1. The molecule has 0 aliphatic heterocycles. The minimum atomic E-state index is 0.461. The van der Waals surface area contributed by atoms with Crippen LogP contribution >= 0.6 is 11.3 Å². The highest BCUT2D eigenvalue weighted by atomic mass is 32.1. The molecule has 6 aromatic carbocycles. The van der Waals surface area contributed by atoms with E-state index in [1.807, 2.05) is 36.4 Å². The lowest BCUT2D eigenvalue weighted by molar-refractivity contribution is 0.669. The van der Waals surface area contributed by atoms with Crippen LogP contribution in [0.4, 0.5) is 0 Å². The molecule has 0 saturated heterocycles. The van der Waals surface area contributed by atoms with Crippen LogP contribution in [0, 0.1) is 22.7 Å². The van der Waals surface area contributed by atoms with Gasteiger partial charge in [0.25, 0.3) is 0 Å². The Labute approximate surface area is 245 Å². The van der Waals surface area contributed by atoms with Crippen molar-refractivity contribution in [3.05, 3.63) is 132 Å². The fourth-order valence-electron chi connectivity index (χ4n) is 5.93. The minimum Gasteiger partial charge on any atom is -0.456 e. The Balaban J connectivity index is 1.36. The third-order valence-corrected chi connectivity index (χ3v) is 9.07. The Morgan fingerprint density at radius 2 is 1.10 bits per heavy atom. The van der Waals surface area contributed by atoms with Crippen molar-refractivity contribution in [1.29, 1.82) is 10.5 Å². The summed E-state index contributed by atoms with van der Waals surface area (Å²) in [5.74, 6) is 0. The van der Waals surface area contributed by atoms with E-state index in [1.165, 1.54) is 20.2 Å². The Morgan fingerprint density at radius 1 is 0.452 bits per heavy atom. The molecule has 0 bridgehead atoms. The number of thiophene rings is 1. The molecule has 8 aromatic rings. The van der Waals surface area contributed by atoms with Gasteiger partial charge < -0.3 is 4.42 Å². The van der Waals surface area contributed by atoms with Gasteiger partial charge in [0.1, 0.15) is 11.2 Å². The lowest BCUT2D eigenvalue weighted by atomic mass is 9.89. The summed E-state index contributed by atoms with van der Waals surface area (Å²) in [7, 11) is 0. The van der Waals surface area contributed by atoms with Gasteiger partial charge in [0, 0.05) is 30.9 Å². The van der Waals surface area contributed by atoms with E-state index < -0.39 is 0 Å². The average molecular weight is 553 g/mol. The van der Waals surface area contributed by atoms with E-state index in [1.54, 1.807) is 17.4 Å². The summed E-state index contributed by atoms with van der Waals surface area (Å²) < 4.78 is 8.62. The van der Waals surface area contributed by atoms with E-state index in [0.717, 1.165) is 55.3 Å². The number of benzene rings is 6. The Kier molecular flexibility index (Phi) is 5.44. The summed E-state index contributed by atoms with van der Waals surface area (Å²) in [4.78, 5) is 0. The first-order valence-electron chi connectivity index (χ1n) is 13.6. The van der Waals surface area contributed by atoms with Gasteiger partial charge in [0.15, 0.2) is 0 Å². The first-order valence-corrected chi connectivity index (χ1v) is 14.4. The first-order chi connectivity index (χ1) is 20.7. The zero-order valence-corrected chi connectivity index (χ0v) is 23.1. The van der Waals surface area contributed by atoms with Crippen LogP contribution in [0.1, 0.15) is 11.1 Å². The summed E-state index contributed by atoms with van der Waals surface area (Å²) in [5, 5.41) is 24.1. The van der Waals surface area contributed by atoms with E-state index in [9.17, 15) is 10.5 Å².